The number of aliphatic hydroxyl groups is 1. The zero-order chi connectivity index (χ0) is 24.1. The van der Waals surface area contributed by atoms with Crippen molar-refractivity contribution in [3.63, 3.8) is 0 Å². The average Bonchev–Trinajstić information content (AvgIpc) is 2.88. The number of amides is 2. The molecule has 1 fully saturated rings. The van der Waals surface area contributed by atoms with Gasteiger partial charge in [-0.25, -0.2) is 9.59 Å². The van der Waals surface area contributed by atoms with E-state index in [1.165, 1.54) is 7.11 Å². The summed E-state index contributed by atoms with van der Waals surface area (Å²) in [7, 11) is 1.35. The first-order valence-corrected chi connectivity index (χ1v) is 11.5. The van der Waals surface area contributed by atoms with Crippen molar-refractivity contribution in [3.8, 4) is 0 Å². The molecule has 6 nitrogen and oxygen atoms in total. The summed E-state index contributed by atoms with van der Waals surface area (Å²) in [5.41, 5.74) is 3.26. The molecule has 0 unspecified atom stereocenters. The fraction of sp³-hybridized carbons (Fsp3) is 0.286. The van der Waals surface area contributed by atoms with Gasteiger partial charge in [0.1, 0.15) is 0 Å². The molecule has 0 bridgehead atoms. The van der Waals surface area contributed by atoms with Gasteiger partial charge in [0.25, 0.3) is 0 Å². The lowest BCUT2D eigenvalue weighted by Crippen LogP contribution is -2.50. The second kappa shape index (κ2) is 10.1. The van der Waals surface area contributed by atoms with Gasteiger partial charge in [0.15, 0.2) is 0 Å². The first-order valence-electron chi connectivity index (χ1n) is 11.5. The third kappa shape index (κ3) is 5.13. The van der Waals surface area contributed by atoms with Crippen molar-refractivity contribution in [1.82, 2.24) is 4.90 Å². The molecule has 0 radical (unpaired) electrons. The molecular formula is C28H30N2O4. The molecule has 0 aliphatic carbocycles. The molecule has 3 aromatic rings. The zero-order valence-corrected chi connectivity index (χ0v) is 19.6. The van der Waals surface area contributed by atoms with Crippen LogP contribution in [-0.2, 0) is 16.9 Å². The van der Waals surface area contributed by atoms with Crippen molar-refractivity contribution in [3.05, 3.63) is 101 Å². The van der Waals surface area contributed by atoms with Gasteiger partial charge in [-0.1, -0.05) is 60.2 Å². The van der Waals surface area contributed by atoms with Gasteiger partial charge in [0.05, 0.1) is 24.8 Å². The second-order valence-corrected chi connectivity index (χ2v) is 8.78. The molecule has 1 saturated heterocycles. The third-order valence-corrected chi connectivity index (χ3v) is 6.46. The standard InChI is InChI=1S/C28H30N2O4/c1-21-8-14-25(15-9-21)30(20-22-10-12-23(13-11-22)26(31)34-2)27(32)29-18-16-28(33,17-19-29)24-6-4-3-5-7-24/h3-15,33H,16-20H2,1-2H3. The summed E-state index contributed by atoms with van der Waals surface area (Å²) < 4.78 is 4.77. The highest BCUT2D eigenvalue weighted by atomic mass is 16.5. The molecule has 34 heavy (non-hydrogen) atoms. The maximum Gasteiger partial charge on any atom is 0.337 e. The molecule has 6 heteroatoms. The molecule has 1 N–H and O–H groups in total. The van der Waals surface area contributed by atoms with E-state index in [1.54, 1.807) is 21.9 Å². The predicted octanol–water partition coefficient (Wildman–Crippen LogP) is 4.89. The summed E-state index contributed by atoms with van der Waals surface area (Å²) >= 11 is 0. The van der Waals surface area contributed by atoms with E-state index in [9.17, 15) is 14.7 Å². The van der Waals surface area contributed by atoms with Crippen LogP contribution in [0, 0.1) is 6.92 Å². The van der Waals surface area contributed by atoms with Crippen LogP contribution in [0.3, 0.4) is 0 Å². The highest BCUT2D eigenvalue weighted by molar-refractivity contribution is 5.92. The van der Waals surface area contributed by atoms with E-state index in [2.05, 4.69) is 0 Å². The number of rotatable bonds is 5. The number of benzene rings is 3. The van der Waals surface area contributed by atoms with E-state index in [0.29, 0.717) is 38.0 Å². The number of esters is 1. The smallest absolute Gasteiger partial charge is 0.337 e. The molecule has 1 aliphatic heterocycles. The minimum Gasteiger partial charge on any atom is -0.465 e. The zero-order valence-electron chi connectivity index (χ0n) is 19.6. The number of urea groups is 1. The maximum absolute atomic E-state index is 13.7. The molecule has 0 aromatic heterocycles. The Kier molecular flexibility index (Phi) is 6.98. The topological polar surface area (TPSA) is 70.1 Å². The predicted molar refractivity (Wildman–Crippen MR) is 132 cm³/mol. The van der Waals surface area contributed by atoms with Crippen molar-refractivity contribution >= 4 is 17.7 Å². The number of methoxy groups -OCH3 is 1. The third-order valence-electron chi connectivity index (χ3n) is 6.46. The number of nitrogens with zero attached hydrogens (tertiary/aromatic N) is 2. The monoisotopic (exact) mass is 458 g/mol. The van der Waals surface area contributed by atoms with Crippen LogP contribution in [0.15, 0.2) is 78.9 Å². The van der Waals surface area contributed by atoms with Crippen LogP contribution in [0.2, 0.25) is 0 Å². The number of ether oxygens (including phenoxy) is 1. The number of carbonyl (C=O) groups excluding carboxylic acids is 2. The average molecular weight is 459 g/mol. The summed E-state index contributed by atoms with van der Waals surface area (Å²) in [5.74, 6) is -0.391. The molecule has 0 saturated carbocycles. The number of aryl methyl sites for hydroxylation is 1. The van der Waals surface area contributed by atoms with E-state index < -0.39 is 11.6 Å². The lowest BCUT2D eigenvalue weighted by Gasteiger charge is -2.40. The lowest BCUT2D eigenvalue weighted by atomic mass is 9.84. The molecule has 0 spiro atoms. The van der Waals surface area contributed by atoms with Gasteiger partial charge in [0.2, 0.25) is 0 Å². The quantitative estimate of drug-likeness (QED) is 0.553. The van der Waals surface area contributed by atoms with Gasteiger partial charge >= 0.3 is 12.0 Å². The molecule has 4 rings (SSSR count). The number of anilines is 1. The molecule has 2 amide bonds. The van der Waals surface area contributed by atoms with E-state index in [0.717, 1.165) is 22.4 Å². The highest BCUT2D eigenvalue weighted by Gasteiger charge is 2.36. The van der Waals surface area contributed by atoms with E-state index in [-0.39, 0.29) is 6.03 Å². The van der Waals surface area contributed by atoms with Gasteiger partial charge in [-0.2, -0.15) is 0 Å². The maximum atomic E-state index is 13.7. The number of piperidine rings is 1. The molecule has 0 atom stereocenters. The van der Waals surface area contributed by atoms with Crippen LogP contribution in [-0.4, -0.2) is 42.2 Å². The van der Waals surface area contributed by atoms with Crippen LogP contribution in [0.5, 0.6) is 0 Å². The Morgan fingerprint density at radius 1 is 0.941 bits per heavy atom. The Labute approximate surface area is 200 Å². The normalized spacial score (nSPS) is 15.0. The van der Waals surface area contributed by atoms with Gasteiger partial charge in [-0.05, 0) is 55.2 Å². The SMILES string of the molecule is COC(=O)c1ccc(CN(C(=O)N2CCC(O)(c3ccccc3)CC2)c2ccc(C)cc2)cc1. The number of carbonyl (C=O) groups is 2. The van der Waals surface area contributed by atoms with Gasteiger partial charge in [-0.15, -0.1) is 0 Å². The van der Waals surface area contributed by atoms with Crippen molar-refractivity contribution in [1.29, 1.82) is 0 Å². The van der Waals surface area contributed by atoms with Gasteiger partial charge < -0.3 is 14.7 Å². The Morgan fingerprint density at radius 2 is 1.56 bits per heavy atom. The van der Waals surface area contributed by atoms with Gasteiger partial charge in [-0.3, -0.25) is 4.90 Å². The Hall–Kier alpha value is -3.64. The largest absolute Gasteiger partial charge is 0.465 e. The number of likely N-dealkylation sites (tertiary alicyclic amines) is 1. The molecule has 1 heterocycles. The van der Waals surface area contributed by atoms with E-state index in [1.807, 2.05) is 73.7 Å². The van der Waals surface area contributed by atoms with Crippen LogP contribution in [0.25, 0.3) is 0 Å². The van der Waals surface area contributed by atoms with Crippen LogP contribution < -0.4 is 4.90 Å². The Morgan fingerprint density at radius 3 is 2.15 bits per heavy atom. The van der Waals surface area contributed by atoms with Crippen LogP contribution >= 0.6 is 0 Å². The highest BCUT2D eigenvalue weighted by Crippen LogP contribution is 2.33. The first kappa shape index (κ1) is 23.5. The minimum absolute atomic E-state index is 0.101. The van der Waals surface area contributed by atoms with Gasteiger partial charge in [0, 0.05) is 18.8 Å². The Bertz CT molecular complexity index is 1120. The molecule has 3 aromatic carbocycles. The van der Waals surface area contributed by atoms with Crippen molar-refractivity contribution in [2.45, 2.75) is 31.9 Å². The Balaban J connectivity index is 1.53. The molecule has 1 aliphatic rings. The molecule has 176 valence electrons. The fourth-order valence-electron chi connectivity index (χ4n) is 4.32. The lowest BCUT2D eigenvalue weighted by molar-refractivity contribution is -0.0162. The molecular weight excluding hydrogens is 428 g/mol. The van der Waals surface area contributed by atoms with E-state index in [4.69, 9.17) is 4.74 Å². The van der Waals surface area contributed by atoms with Crippen molar-refractivity contribution in [2.75, 3.05) is 25.1 Å². The second-order valence-electron chi connectivity index (χ2n) is 8.78. The summed E-state index contributed by atoms with van der Waals surface area (Å²) in [6.45, 7) is 3.31. The van der Waals surface area contributed by atoms with Crippen LogP contribution in [0.4, 0.5) is 10.5 Å². The summed E-state index contributed by atoms with van der Waals surface area (Å²) in [4.78, 5) is 29.0. The van der Waals surface area contributed by atoms with Crippen molar-refractivity contribution in [2.24, 2.45) is 0 Å². The van der Waals surface area contributed by atoms with Crippen LogP contribution in [0.1, 0.15) is 39.9 Å². The van der Waals surface area contributed by atoms with E-state index >= 15 is 0 Å². The summed E-state index contributed by atoms with van der Waals surface area (Å²) in [6.07, 6.45) is 0.969. The minimum atomic E-state index is -0.920. The van der Waals surface area contributed by atoms with Crippen molar-refractivity contribution < 1.29 is 19.4 Å². The first-order chi connectivity index (χ1) is 16.4. The number of hydrogen-bond acceptors (Lipinski definition) is 4. The summed E-state index contributed by atoms with van der Waals surface area (Å²) in [6, 6.07) is 24.5. The summed E-state index contributed by atoms with van der Waals surface area (Å²) in [5, 5.41) is 11.2. The fourth-order valence-corrected chi connectivity index (χ4v) is 4.32. The number of hydrogen-bond donors (Lipinski definition) is 1.